The molecule has 3 aromatic heterocycles. The molecule has 0 aliphatic rings. The Morgan fingerprint density at radius 1 is 1.35 bits per heavy atom. The number of nitrogens with two attached hydrogens (primary N) is 1. The van der Waals surface area contributed by atoms with Gasteiger partial charge in [-0.3, -0.25) is 9.36 Å². The van der Waals surface area contributed by atoms with Crippen molar-refractivity contribution >= 4 is 27.4 Å². The maximum absolute atomic E-state index is 11.7. The molecule has 0 saturated heterocycles. The molecule has 2 N–H and O–H groups in total. The van der Waals surface area contributed by atoms with Crippen LogP contribution in [0.2, 0.25) is 0 Å². The van der Waals surface area contributed by atoms with E-state index >= 15 is 0 Å². The SMILES string of the molecule is Cc1sc2nc(Cn3cnccc3=O)nc(N)c2c1C. The molecule has 0 fully saturated rings. The normalized spacial score (nSPS) is 11.1. The van der Waals surface area contributed by atoms with E-state index in [-0.39, 0.29) is 12.1 Å². The molecule has 0 aliphatic carbocycles. The van der Waals surface area contributed by atoms with Crippen LogP contribution in [0.15, 0.2) is 23.4 Å². The third kappa shape index (κ3) is 2.05. The van der Waals surface area contributed by atoms with Crippen molar-refractivity contribution in [3.8, 4) is 0 Å². The van der Waals surface area contributed by atoms with Crippen molar-refractivity contribution in [2.24, 2.45) is 0 Å². The second-order valence-electron chi connectivity index (χ2n) is 4.53. The molecule has 3 rings (SSSR count). The zero-order valence-electron chi connectivity index (χ0n) is 11.1. The van der Waals surface area contributed by atoms with Crippen molar-refractivity contribution in [1.82, 2.24) is 19.5 Å². The number of anilines is 1. The first kappa shape index (κ1) is 12.7. The number of aromatic nitrogens is 4. The number of hydrogen-bond donors (Lipinski definition) is 1. The standard InChI is InChI=1S/C13H13N5OS/c1-7-8(2)20-13-11(7)12(14)16-9(17-13)5-18-6-15-4-3-10(18)19/h3-4,6H,5H2,1-2H3,(H2,14,16,17). The van der Waals surface area contributed by atoms with Gasteiger partial charge in [-0.2, -0.15) is 0 Å². The maximum atomic E-state index is 11.7. The summed E-state index contributed by atoms with van der Waals surface area (Å²) in [6, 6.07) is 1.40. The molecule has 0 unspecified atom stereocenters. The van der Waals surface area contributed by atoms with Gasteiger partial charge in [0.15, 0.2) is 5.82 Å². The molecule has 0 aromatic carbocycles. The Morgan fingerprint density at radius 3 is 2.90 bits per heavy atom. The molecular formula is C13H13N5OS. The number of aryl methyl sites for hydroxylation is 2. The van der Waals surface area contributed by atoms with Crippen molar-refractivity contribution < 1.29 is 0 Å². The van der Waals surface area contributed by atoms with Crippen LogP contribution in [0.5, 0.6) is 0 Å². The van der Waals surface area contributed by atoms with Gasteiger partial charge in [0.25, 0.3) is 5.56 Å². The van der Waals surface area contributed by atoms with Crippen molar-refractivity contribution in [3.63, 3.8) is 0 Å². The molecule has 0 atom stereocenters. The molecule has 6 nitrogen and oxygen atoms in total. The fourth-order valence-corrected chi connectivity index (χ4v) is 3.10. The first-order valence-electron chi connectivity index (χ1n) is 6.09. The lowest BCUT2D eigenvalue weighted by molar-refractivity contribution is 0.702. The van der Waals surface area contributed by atoms with Crippen LogP contribution < -0.4 is 11.3 Å². The van der Waals surface area contributed by atoms with Crippen LogP contribution in [0.1, 0.15) is 16.3 Å². The summed E-state index contributed by atoms with van der Waals surface area (Å²) in [7, 11) is 0. The fraction of sp³-hybridized carbons (Fsp3) is 0.231. The minimum absolute atomic E-state index is 0.138. The number of nitrogen functional groups attached to an aromatic ring is 1. The average Bonchev–Trinajstić information content (AvgIpc) is 2.68. The number of rotatable bonds is 2. The first-order valence-corrected chi connectivity index (χ1v) is 6.90. The van der Waals surface area contributed by atoms with Crippen LogP contribution in [0.4, 0.5) is 5.82 Å². The van der Waals surface area contributed by atoms with Gasteiger partial charge in [-0.1, -0.05) is 0 Å². The van der Waals surface area contributed by atoms with Crippen LogP contribution >= 0.6 is 11.3 Å². The Balaban J connectivity index is 2.10. The van der Waals surface area contributed by atoms with Crippen LogP contribution in [0.25, 0.3) is 10.2 Å². The largest absolute Gasteiger partial charge is 0.383 e. The lowest BCUT2D eigenvalue weighted by Crippen LogP contribution is -2.20. The second kappa shape index (κ2) is 4.68. The van der Waals surface area contributed by atoms with Crippen molar-refractivity contribution in [2.75, 3.05) is 5.73 Å². The molecule has 3 aromatic rings. The van der Waals surface area contributed by atoms with Crippen LogP contribution in [0.3, 0.4) is 0 Å². The van der Waals surface area contributed by atoms with Crippen molar-refractivity contribution in [3.05, 3.63) is 45.2 Å². The molecule has 20 heavy (non-hydrogen) atoms. The first-order chi connectivity index (χ1) is 9.56. The van der Waals surface area contributed by atoms with E-state index in [0.717, 1.165) is 15.8 Å². The molecule has 7 heteroatoms. The minimum Gasteiger partial charge on any atom is -0.383 e. The summed E-state index contributed by atoms with van der Waals surface area (Å²) in [4.78, 5) is 26.4. The highest BCUT2D eigenvalue weighted by Gasteiger charge is 2.13. The lowest BCUT2D eigenvalue weighted by atomic mass is 10.2. The van der Waals surface area contributed by atoms with Crippen LogP contribution in [0, 0.1) is 13.8 Å². The molecular weight excluding hydrogens is 274 g/mol. The number of nitrogens with zero attached hydrogens (tertiary/aromatic N) is 4. The summed E-state index contributed by atoms with van der Waals surface area (Å²) < 4.78 is 1.45. The number of fused-ring (bicyclic) bond motifs is 1. The zero-order valence-corrected chi connectivity index (χ0v) is 11.9. The monoisotopic (exact) mass is 287 g/mol. The van der Waals surface area contributed by atoms with E-state index < -0.39 is 0 Å². The second-order valence-corrected chi connectivity index (χ2v) is 5.74. The highest BCUT2D eigenvalue weighted by atomic mass is 32.1. The predicted octanol–water partition coefficient (Wildman–Crippen LogP) is 1.50. The highest BCUT2D eigenvalue weighted by Crippen LogP contribution is 2.31. The van der Waals surface area contributed by atoms with E-state index in [1.807, 2.05) is 13.8 Å². The van der Waals surface area contributed by atoms with E-state index in [2.05, 4.69) is 15.0 Å². The third-order valence-electron chi connectivity index (χ3n) is 3.21. The summed E-state index contributed by atoms with van der Waals surface area (Å²) in [5, 5.41) is 0.912. The van der Waals surface area contributed by atoms with Gasteiger partial charge in [0.2, 0.25) is 0 Å². The van der Waals surface area contributed by atoms with Gasteiger partial charge in [0.05, 0.1) is 18.3 Å². The third-order valence-corrected chi connectivity index (χ3v) is 4.31. The Morgan fingerprint density at radius 2 is 2.15 bits per heavy atom. The van der Waals surface area contributed by atoms with E-state index in [0.29, 0.717) is 11.6 Å². The van der Waals surface area contributed by atoms with E-state index in [1.165, 1.54) is 28.0 Å². The van der Waals surface area contributed by atoms with Gasteiger partial charge in [-0.15, -0.1) is 11.3 Å². The topological polar surface area (TPSA) is 86.7 Å². The Hall–Kier alpha value is -2.28. The molecule has 0 radical (unpaired) electrons. The molecule has 102 valence electrons. The molecule has 0 amide bonds. The van der Waals surface area contributed by atoms with Gasteiger partial charge < -0.3 is 5.73 Å². The number of thiophene rings is 1. The van der Waals surface area contributed by atoms with Crippen LogP contribution in [-0.2, 0) is 6.54 Å². The summed E-state index contributed by atoms with van der Waals surface area (Å²) >= 11 is 1.59. The van der Waals surface area contributed by atoms with E-state index in [1.54, 1.807) is 11.3 Å². The number of hydrogen-bond acceptors (Lipinski definition) is 6. The smallest absolute Gasteiger partial charge is 0.253 e. The average molecular weight is 287 g/mol. The Kier molecular flexibility index (Phi) is 2.98. The van der Waals surface area contributed by atoms with Crippen molar-refractivity contribution in [1.29, 1.82) is 0 Å². The maximum Gasteiger partial charge on any atom is 0.253 e. The van der Waals surface area contributed by atoms with Crippen molar-refractivity contribution in [2.45, 2.75) is 20.4 Å². The van der Waals surface area contributed by atoms with Gasteiger partial charge in [-0.05, 0) is 19.4 Å². The Labute approximate surface area is 118 Å². The molecule has 0 bridgehead atoms. The molecule has 0 spiro atoms. The summed E-state index contributed by atoms with van der Waals surface area (Å²) in [6.07, 6.45) is 2.93. The quantitative estimate of drug-likeness (QED) is 0.771. The van der Waals surface area contributed by atoms with E-state index in [9.17, 15) is 4.79 Å². The van der Waals surface area contributed by atoms with Gasteiger partial charge >= 0.3 is 0 Å². The summed E-state index contributed by atoms with van der Waals surface area (Å²) in [5.41, 5.74) is 7.00. The molecule has 3 heterocycles. The van der Waals surface area contributed by atoms with Gasteiger partial charge in [0, 0.05) is 17.1 Å². The highest BCUT2D eigenvalue weighted by molar-refractivity contribution is 7.18. The Bertz CT molecular complexity index is 852. The minimum atomic E-state index is -0.138. The summed E-state index contributed by atoms with van der Waals surface area (Å²) in [6.45, 7) is 4.31. The summed E-state index contributed by atoms with van der Waals surface area (Å²) in [5.74, 6) is 0.982. The molecule has 0 aliphatic heterocycles. The fourth-order valence-electron chi connectivity index (χ4n) is 2.05. The molecule has 0 saturated carbocycles. The van der Waals surface area contributed by atoms with Crippen LogP contribution in [-0.4, -0.2) is 19.5 Å². The predicted molar refractivity (Wildman–Crippen MR) is 78.9 cm³/mol. The van der Waals surface area contributed by atoms with Gasteiger partial charge in [-0.25, -0.2) is 15.0 Å². The zero-order chi connectivity index (χ0) is 14.3. The lowest BCUT2D eigenvalue weighted by Gasteiger charge is -2.05. The van der Waals surface area contributed by atoms with E-state index in [4.69, 9.17) is 5.73 Å². The van der Waals surface area contributed by atoms with Gasteiger partial charge in [0.1, 0.15) is 10.6 Å².